The SMILES string of the molecule is COc1cccc(N2CCN(C(=O)C3(C)CC3(Cl)Cl)CC2)c1. The summed E-state index contributed by atoms with van der Waals surface area (Å²) in [7, 11) is 1.66. The van der Waals surface area contributed by atoms with Crippen LogP contribution in [-0.4, -0.2) is 48.4 Å². The minimum Gasteiger partial charge on any atom is -0.497 e. The zero-order valence-electron chi connectivity index (χ0n) is 12.8. The van der Waals surface area contributed by atoms with Gasteiger partial charge in [0, 0.05) is 37.9 Å². The Balaban J connectivity index is 1.62. The molecule has 1 saturated heterocycles. The molecule has 22 heavy (non-hydrogen) atoms. The molecule has 0 radical (unpaired) electrons. The summed E-state index contributed by atoms with van der Waals surface area (Å²) in [4.78, 5) is 16.7. The van der Waals surface area contributed by atoms with E-state index in [2.05, 4.69) is 11.0 Å². The van der Waals surface area contributed by atoms with Crippen molar-refractivity contribution in [3.05, 3.63) is 24.3 Å². The molecule has 4 nitrogen and oxygen atoms in total. The van der Waals surface area contributed by atoms with Gasteiger partial charge in [0.05, 0.1) is 12.5 Å². The number of amides is 1. The molecule has 1 aromatic carbocycles. The van der Waals surface area contributed by atoms with Gasteiger partial charge in [-0.05, 0) is 25.5 Å². The molecule has 1 saturated carbocycles. The molecule has 1 aromatic rings. The van der Waals surface area contributed by atoms with Crippen LogP contribution in [0.1, 0.15) is 13.3 Å². The number of alkyl halides is 2. The maximum absolute atomic E-state index is 12.6. The van der Waals surface area contributed by atoms with Crippen molar-refractivity contribution < 1.29 is 9.53 Å². The molecule has 1 amide bonds. The van der Waals surface area contributed by atoms with Crippen molar-refractivity contribution in [3.63, 3.8) is 0 Å². The van der Waals surface area contributed by atoms with Crippen molar-refractivity contribution in [2.75, 3.05) is 38.2 Å². The molecule has 2 fully saturated rings. The first-order chi connectivity index (χ1) is 10.4. The van der Waals surface area contributed by atoms with Crippen molar-refractivity contribution in [3.8, 4) is 5.75 Å². The lowest BCUT2D eigenvalue weighted by Gasteiger charge is -2.37. The van der Waals surface area contributed by atoms with Gasteiger partial charge in [-0.1, -0.05) is 6.07 Å². The van der Waals surface area contributed by atoms with Crippen LogP contribution in [0.4, 0.5) is 5.69 Å². The van der Waals surface area contributed by atoms with E-state index < -0.39 is 9.75 Å². The monoisotopic (exact) mass is 342 g/mol. The second-order valence-corrected chi connectivity index (χ2v) is 7.68. The van der Waals surface area contributed by atoms with Crippen LogP contribution in [0.3, 0.4) is 0 Å². The minimum atomic E-state index is -0.895. The largest absolute Gasteiger partial charge is 0.497 e. The van der Waals surface area contributed by atoms with Gasteiger partial charge in [-0.3, -0.25) is 4.79 Å². The van der Waals surface area contributed by atoms with Gasteiger partial charge >= 0.3 is 0 Å². The quantitative estimate of drug-likeness (QED) is 0.791. The third-order valence-corrected chi connectivity index (χ3v) is 5.82. The number of hydrogen-bond acceptors (Lipinski definition) is 3. The molecule has 0 spiro atoms. The van der Waals surface area contributed by atoms with E-state index in [0.29, 0.717) is 19.5 Å². The Morgan fingerprint density at radius 3 is 2.41 bits per heavy atom. The number of carbonyl (C=O) groups excluding carboxylic acids is 1. The fourth-order valence-corrected chi connectivity index (χ4v) is 3.65. The maximum Gasteiger partial charge on any atom is 0.231 e. The van der Waals surface area contributed by atoms with Gasteiger partial charge in [0.2, 0.25) is 5.91 Å². The molecule has 0 N–H and O–H groups in total. The number of benzene rings is 1. The van der Waals surface area contributed by atoms with Gasteiger partial charge in [0.15, 0.2) is 0 Å². The third kappa shape index (κ3) is 2.63. The van der Waals surface area contributed by atoms with Gasteiger partial charge in [-0.2, -0.15) is 0 Å². The van der Waals surface area contributed by atoms with E-state index in [1.807, 2.05) is 30.0 Å². The van der Waals surface area contributed by atoms with Crippen molar-refractivity contribution >= 4 is 34.8 Å². The van der Waals surface area contributed by atoms with Crippen LogP contribution in [0.15, 0.2) is 24.3 Å². The minimum absolute atomic E-state index is 0.0720. The predicted octanol–water partition coefficient (Wildman–Crippen LogP) is 2.93. The summed E-state index contributed by atoms with van der Waals surface area (Å²) in [6, 6.07) is 7.98. The van der Waals surface area contributed by atoms with E-state index in [9.17, 15) is 4.79 Å². The normalized spacial score (nSPS) is 26.7. The van der Waals surface area contributed by atoms with Gasteiger partial charge in [0.1, 0.15) is 10.1 Å². The molecule has 0 bridgehead atoms. The number of carbonyl (C=O) groups is 1. The van der Waals surface area contributed by atoms with E-state index in [1.54, 1.807) is 7.11 Å². The molecule has 0 aromatic heterocycles. The van der Waals surface area contributed by atoms with Gasteiger partial charge in [0.25, 0.3) is 0 Å². The second kappa shape index (κ2) is 5.50. The Morgan fingerprint density at radius 1 is 1.23 bits per heavy atom. The van der Waals surface area contributed by atoms with E-state index >= 15 is 0 Å². The van der Waals surface area contributed by atoms with Crippen LogP contribution in [0.5, 0.6) is 5.75 Å². The highest BCUT2D eigenvalue weighted by Crippen LogP contribution is 2.64. The second-order valence-electron chi connectivity index (χ2n) is 6.19. The molecule has 1 heterocycles. The van der Waals surface area contributed by atoms with Crippen LogP contribution in [-0.2, 0) is 4.79 Å². The maximum atomic E-state index is 12.6. The lowest BCUT2D eigenvalue weighted by molar-refractivity contribution is -0.136. The van der Waals surface area contributed by atoms with Crippen LogP contribution in [0.2, 0.25) is 0 Å². The molecule has 120 valence electrons. The molecule has 1 unspecified atom stereocenters. The lowest BCUT2D eigenvalue weighted by atomic mass is 10.1. The molecule has 2 aliphatic rings. The fraction of sp³-hybridized carbons (Fsp3) is 0.562. The zero-order chi connectivity index (χ0) is 16.0. The summed E-state index contributed by atoms with van der Waals surface area (Å²) in [5.41, 5.74) is 0.502. The number of methoxy groups -OCH3 is 1. The zero-order valence-corrected chi connectivity index (χ0v) is 14.3. The third-order valence-electron chi connectivity index (χ3n) is 4.72. The summed E-state index contributed by atoms with van der Waals surface area (Å²) < 4.78 is 4.37. The Labute approximate surface area is 140 Å². The Kier molecular flexibility index (Phi) is 3.94. The van der Waals surface area contributed by atoms with Crippen LogP contribution in [0.25, 0.3) is 0 Å². The highest BCUT2D eigenvalue weighted by Gasteiger charge is 2.68. The van der Waals surface area contributed by atoms with Gasteiger partial charge < -0.3 is 14.5 Å². The van der Waals surface area contributed by atoms with E-state index in [1.165, 1.54) is 0 Å². The summed E-state index contributed by atoms with van der Waals surface area (Å²) >= 11 is 12.2. The van der Waals surface area contributed by atoms with Crippen LogP contribution in [0, 0.1) is 5.41 Å². The van der Waals surface area contributed by atoms with Crippen LogP contribution < -0.4 is 9.64 Å². The fourth-order valence-electron chi connectivity index (χ4n) is 2.96. The molecule has 1 aliphatic heterocycles. The molecule has 3 rings (SSSR count). The number of rotatable bonds is 3. The number of ether oxygens (including phenoxy) is 1. The highest BCUT2D eigenvalue weighted by atomic mass is 35.5. The standard InChI is InChI=1S/C16H20Cl2N2O2/c1-15(11-16(15,17)18)14(21)20-8-6-19(7-9-20)12-4-3-5-13(10-12)22-2/h3-5,10H,6-9,11H2,1-2H3. The number of piperazine rings is 1. The van der Waals surface area contributed by atoms with Gasteiger partial charge in [-0.25, -0.2) is 0 Å². The summed E-state index contributed by atoms with van der Waals surface area (Å²) in [6.45, 7) is 4.83. The predicted molar refractivity (Wildman–Crippen MR) is 88.9 cm³/mol. The van der Waals surface area contributed by atoms with Gasteiger partial charge in [-0.15, -0.1) is 23.2 Å². The molecular formula is C16H20Cl2N2O2. The first-order valence-corrected chi connectivity index (χ1v) is 8.19. The average Bonchev–Trinajstić information content (AvgIpc) is 3.06. The first kappa shape index (κ1) is 15.8. The van der Waals surface area contributed by atoms with Crippen molar-refractivity contribution in [2.24, 2.45) is 5.41 Å². The molecule has 1 atom stereocenters. The molecule has 6 heteroatoms. The number of anilines is 1. The van der Waals surface area contributed by atoms with Crippen molar-refractivity contribution in [1.82, 2.24) is 4.90 Å². The average molecular weight is 343 g/mol. The lowest BCUT2D eigenvalue weighted by Crippen LogP contribution is -2.51. The number of hydrogen-bond donors (Lipinski definition) is 0. The van der Waals surface area contributed by atoms with Crippen LogP contribution >= 0.6 is 23.2 Å². The smallest absolute Gasteiger partial charge is 0.231 e. The molecule has 1 aliphatic carbocycles. The van der Waals surface area contributed by atoms with E-state index in [4.69, 9.17) is 27.9 Å². The van der Waals surface area contributed by atoms with E-state index in [0.717, 1.165) is 24.5 Å². The number of nitrogens with zero attached hydrogens (tertiary/aromatic N) is 2. The van der Waals surface area contributed by atoms with E-state index in [-0.39, 0.29) is 5.91 Å². The highest BCUT2D eigenvalue weighted by molar-refractivity contribution is 6.53. The Hall–Kier alpha value is -1.13. The Morgan fingerprint density at radius 2 is 1.86 bits per heavy atom. The topological polar surface area (TPSA) is 32.8 Å². The molecular weight excluding hydrogens is 323 g/mol. The summed E-state index contributed by atoms with van der Waals surface area (Å²) in [5.74, 6) is 0.915. The number of halogens is 2. The van der Waals surface area contributed by atoms with Crippen molar-refractivity contribution in [2.45, 2.75) is 17.7 Å². The van der Waals surface area contributed by atoms with Crippen molar-refractivity contribution in [1.29, 1.82) is 0 Å². The summed E-state index contributed by atoms with van der Waals surface area (Å²) in [5, 5.41) is 0. The first-order valence-electron chi connectivity index (χ1n) is 7.44. The Bertz CT molecular complexity index is 585. The summed E-state index contributed by atoms with van der Waals surface area (Å²) in [6.07, 6.45) is 0.540.